The smallest absolute Gasteiger partial charge is 0.0619 e. The van der Waals surface area contributed by atoms with Crippen molar-refractivity contribution in [3.63, 3.8) is 0 Å². The lowest BCUT2D eigenvalue weighted by Crippen LogP contribution is -2.03. The van der Waals surface area contributed by atoms with Crippen LogP contribution >= 0.6 is 0 Å². The number of hydrogen-bond acceptors (Lipinski definition) is 0. The van der Waals surface area contributed by atoms with Gasteiger partial charge in [0.1, 0.15) is 0 Å². The fraction of sp³-hybridized carbons (Fsp3) is 0.0312. The van der Waals surface area contributed by atoms with Crippen molar-refractivity contribution >= 4 is 0 Å². The molecule has 0 unspecified atom stereocenters. The van der Waals surface area contributed by atoms with Gasteiger partial charge in [0.05, 0.1) is 22.8 Å². The molecule has 0 aliphatic rings. The molecule has 0 radical (unpaired) electrons. The van der Waals surface area contributed by atoms with Gasteiger partial charge in [0.25, 0.3) is 0 Å². The first-order chi connectivity index (χ1) is 32.8. The highest BCUT2D eigenvalue weighted by Crippen LogP contribution is 2.52. The van der Waals surface area contributed by atoms with E-state index in [0.717, 1.165) is 56.4 Å². The maximum atomic E-state index is 2.50. The number of rotatable bonds is 10. The first-order valence-electron chi connectivity index (χ1n) is 22.9. The zero-order valence-electron chi connectivity index (χ0n) is 37.3. The van der Waals surface area contributed by atoms with Crippen LogP contribution in [0.3, 0.4) is 0 Å². The van der Waals surface area contributed by atoms with Crippen molar-refractivity contribution in [3.05, 3.63) is 267 Å². The lowest BCUT2D eigenvalue weighted by molar-refractivity contribution is 1.07. The van der Waals surface area contributed by atoms with Crippen LogP contribution in [0.1, 0.15) is 13.8 Å². The predicted octanol–water partition coefficient (Wildman–Crippen LogP) is 17.6. The highest BCUT2D eigenvalue weighted by atomic mass is 15.0. The van der Waals surface area contributed by atoms with Gasteiger partial charge in [-0.05, 0) is 68.8 Å². The van der Waals surface area contributed by atoms with Crippen LogP contribution in [0.5, 0.6) is 0 Å². The molecule has 11 rings (SSSR count). The quantitative estimate of drug-likeness (QED) is 0.130. The molecule has 0 spiro atoms. The van der Waals surface area contributed by atoms with E-state index in [2.05, 4.69) is 276 Å². The molecule has 0 saturated carbocycles. The molecule has 2 aromatic heterocycles. The number of aromatic nitrogens is 2. The third kappa shape index (κ3) is 7.80. The van der Waals surface area contributed by atoms with E-state index in [1.807, 2.05) is 13.8 Å². The minimum atomic E-state index is 1.07. The first kappa shape index (κ1) is 41.5. The van der Waals surface area contributed by atoms with Crippen LogP contribution in [-0.4, -0.2) is 9.13 Å². The van der Waals surface area contributed by atoms with E-state index in [0.29, 0.717) is 0 Å². The van der Waals surface area contributed by atoms with Gasteiger partial charge in [-0.15, -0.1) is 0 Å². The molecule has 0 atom stereocenters. The summed E-state index contributed by atoms with van der Waals surface area (Å²) < 4.78 is 4.99. The van der Waals surface area contributed by atoms with Crippen molar-refractivity contribution in [3.8, 4) is 101 Å². The first-order valence-corrected chi connectivity index (χ1v) is 22.9. The molecule has 316 valence electrons. The van der Waals surface area contributed by atoms with Gasteiger partial charge >= 0.3 is 0 Å². The maximum Gasteiger partial charge on any atom is 0.0619 e. The number of hydrogen-bond donors (Lipinski definition) is 0. The lowest BCUT2D eigenvalue weighted by atomic mass is 9.91. The summed E-state index contributed by atoms with van der Waals surface area (Å²) in [6, 6.07) is 96.2. The van der Waals surface area contributed by atoms with E-state index in [1.54, 1.807) is 0 Å². The molecular formula is C64H50N2. The molecule has 0 amide bonds. The summed E-state index contributed by atoms with van der Waals surface area (Å²) in [6.45, 7) is 4.00. The zero-order chi connectivity index (χ0) is 44.7. The fourth-order valence-corrected chi connectivity index (χ4v) is 9.43. The van der Waals surface area contributed by atoms with Crippen LogP contribution in [0, 0.1) is 0 Å². The van der Waals surface area contributed by atoms with Crippen LogP contribution in [0.4, 0.5) is 0 Å². The van der Waals surface area contributed by atoms with Crippen molar-refractivity contribution in [2.45, 2.75) is 13.8 Å². The second-order valence-electron chi connectivity index (χ2n) is 16.0. The van der Waals surface area contributed by atoms with Crippen molar-refractivity contribution < 1.29 is 0 Å². The van der Waals surface area contributed by atoms with Gasteiger partial charge in [0, 0.05) is 33.6 Å². The average molecular weight is 847 g/mol. The topological polar surface area (TPSA) is 9.86 Å². The highest BCUT2D eigenvalue weighted by molar-refractivity contribution is 6.04. The third-order valence-electron chi connectivity index (χ3n) is 12.1. The second kappa shape index (κ2) is 19.1. The summed E-state index contributed by atoms with van der Waals surface area (Å²) >= 11 is 0. The Morgan fingerprint density at radius 2 is 0.333 bits per heavy atom. The molecule has 66 heavy (non-hydrogen) atoms. The lowest BCUT2D eigenvalue weighted by Gasteiger charge is -2.19. The third-order valence-corrected chi connectivity index (χ3v) is 12.1. The van der Waals surface area contributed by atoms with Crippen LogP contribution in [0.2, 0.25) is 0 Å². The molecule has 0 aliphatic heterocycles. The van der Waals surface area contributed by atoms with Crippen LogP contribution < -0.4 is 0 Å². The van der Waals surface area contributed by atoms with E-state index in [1.165, 1.54) is 44.5 Å². The van der Waals surface area contributed by atoms with Crippen molar-refractivity contribution in [2.24, 2.45) is 0 Å². The average Bonchev–Trinajstić information content (AvgIpc) is 3.97. The molecule has 2 heterocycles. The van der Waals surface area contributed by atoms with Gasteiger partial charge in [-0.3, -0.25) is 0 Å². The Hall–Kier alpha value is -8.46. The molecule has 2 nitrogen and oxygen atoms in total. The van der Waals surface area contributed by atoms with E-state index in [9.17, 15) is 0 Å². The minimum Gasteiger partial charge on any atom is -0.308 e. The summed E-state index contributed by atoms with van der Waals surface area (Å²) in [7, 11) is 0. The molecule has 0 aliphatic carbocycles. The Morgan fingerprint density at radius 3 is 0.500 bits per heavy atom. The second-order valence-corrected chi connectivity index (χ2v) is 16.0. The van der Waals surface area contributed by atoms with Gasteiger partial charge < -0.3 is 9.13 Å². The molecule has 9 aromatic carbocycles. The Balaban J connectivity index is 0.00000252. The number of nitrogens with zero attached hydrogens (tertiary/aromatic N) is 2. The summed E-state index contributed by atoms with van der Waals surface area (Å²) in [5.74, 6) is 0. The molecule has 0 bridgehead atoms. The van der Waals surface area contributed by atoms with Crippen molar-refractivity contribution in [2.75, 3.05) is 0 Å². The largest absolute Gasteiger partial charge is 0.308 e. The van der Waals surface area contributed by atoms with Gasteiger partial charge in [-0.1, -0.05) is 257 Å². The fourth-order valence-electron chi connectivity index (χ4n) is 9.43. The molecule has 11 aromatic rings. The molecule has 0 N–H and O–H groups in total. The summed E-state index contributed by atoms with van der Waals surface area (Å²) in [5, 5.41) is 0. The SMILES string of the molecule is CC.c1ccc(-c2c(-c3ccccc3)c(-c3ccccc3)n(-c3ccc(-n4c(-c5ccccc5)c(-c5ccccc5)c(-c5ccccc5)c4-c4ccccc4)cc3)c2-c2ccccc2)cc1. The Kier molecular flexibility index (Phi) is 12.0. The summed E-state index contributed by atoms with van der Waals surface area (Å²) in [4.78, 5) is 0. The van der Waals surface area contributed by atoms with E-state index >= 15 is 0 Å². The molecular weight excluding hydrogens is 797 g/mol. The standard InChI is InChI=1S/C62H44N2.C2H6/c1-9-25-45(26-10-1)55-56(46-27-11-2-12-28-46)60(50-35-19-6-20-36-50)63(59(55)49-33-17-5-18-34-49)53-41-43-54(44-42-53)64-61(51-37-21-7-22-38-51)57(47-29-13-3-14-30-47)58(48-31-15-4-16-32-48)62(64)52-39-23-8-24-40-52;1-2/h1-44H;1-2H3. The van der Waals surface area contributed by atoms with Gasteiger partial charge in [0.15, 0.2) is 0 Å². The molecule has 0 saturated heterocycles. The minimum absolute atomic E-state index is 1.07. The Bertz CT molecular complexity index is 2860. The van der Waals surface area contributed by atoms with Crippen LogP contribution in [0.15, 0.2) is 267 Å². The zero-order valence-corrected chi connectivity index (χ0v) is 37.3. The van der Waals surface area contributed by atoms with Crippen molar-refractivity contribution in [1.82, 2.24) is 9.13 Å². The highest BCUT2D eigenvalue weighted by Gasteiger charge is 2.30. The van der Waals surface area contributed by atoms with E-state index in [-0.39, 0.29) is 0 Å². The number of benzene rings is 9. The van der Waals surface area contributed by atoms with Gasteiger partial charge in [0.2, 0.25) is 0 Å². The van der Waals surface area contributed by atoms with Gasteiger partial charge in [-0.25, -0.2) is 0 Å². The Morgan fingerprint density at radius 1 is 0.182 bits per heavy atom. The molecule has 0 fully saturated rings. The van der Waals surface area contributed by atoms with Crippen molar-refractivity contribution in [1.29, 1.82) is 0 Å². The normalized spacial score (nSPS) is 10.9. The predicted molar refractivity (Wildman–Crippen MR) is 280 cm³/mol. The van der Waals surface area contributed by atoms with Gasteiger partial charge in [-0.2, -0.15) is 0 Å². The van der Waals surface area contributed by atoms with Crippen LogP contribution in [0.25, 0.3) is 101 Å². The maximum absolute atomic E-state index is 2.50. The van der Waals surface area contributed by atoms with E-state index < -0.39 is 0 Å². The van der Waals surface area contributed by atoms with E-state index in [4.69, 9.17) is 0 Å². The molecule has 2 heteroatoms. The summed E-state index contributed by atoms with van der Waals surface area (Å²) in [5.41, 5.74) is 20.8. The summed E-state index contributed by atoms with van der Waals surface area (Å²) in [6.07, 6.45) is 0. The monoisotopic (exact) mass is 846 g/mol. The van der Waals surface area contributed by atoms with Crippen LogP contribution in [-0.2, 0) is 0 Å². The Labute approximate surface area is 389 Å².